The molecule has 0 heterocycles. The van der Waals surface area contributed by atoms with Gasteiger partial charge < -0.3 is 14.8 Å². The normalized spacial score (nSPS) is 10.3. The summed E-state index contributed by atoms with van der Waals surface area (Å²) >= 11 is 0. The van der Waals surface area contributed by atoms with Gasteiger partial charge >= 0.3 is 0 Å². The van der Waals surface area contributed by atoms with E-state index in [9.17, 15) is 9.59 Å². The summed E-state index contributed by atoms with van der Waals surface area (Å²) in [5.74, 6) is 0.459. The van der Waals surface area contributed by atoms with Crippen LogP contribution in [0.4, 0.5) is 0 Å². The van der Waals surface area contributed by atoms with Gasteiger partial charge in [-0.1, -0.05) is 18.2 Å². The van der Waals surface area contributed by atoms with Crippen molar-refractivity contribution in [2.45, 2.75) is 0 Å². The highest BCUT2D eigenvalue weighted by molar-refractivity contribution is 5.96. The monoisotopic (exact) mass is 341 g/mol. The van der Waals surface area contributed by atoms with Gasteiger partial charge in [-0.25, -0.2) is 5.43 Å². The van der Waals surface area contributed by atoms with Gasteiger partial charge in [-0.05, 0) is 24.3 Å². The number of hydrogen-bond acceptors (Lipinski definition) is 5. The van der Waals surface area contributed by atoms with Crippen LogP contribution in [0, 0.1) is 0 Å². The summed E-state index contributed by atoms with van der Waals surface area (Å²) in [6.07, 6.45) is 1.45. The topological polar surface area (TPSA) is 89.0 Å². The van der Waals surface area contributed by atoms with E-state index in [1.807, 2.05) is 6.07 Å². The van der Waals surface area contributed by atoms with Crippen LogP contribution in [0.2, 0.25) is 0 Å². The highest BCUT2D eigenvalue weighted by Crippen LogP contribution is 2.22. The smallest absolute Gasteiger partial charge is 0.259 e. The number of methoxy groups -OCH3 is 2. The molecule has 0 aliphatic heterocycles. The molecule has 7 heteroatoms. The lowest BCUT2D eigenvalue weighted by molar-refractivity contribution is -0.120. The molecule has 0 aromatic heterocycles. The number of carbonyl (C=O) groups is 2. The number of hydrazone groups is 1. The molecule has 2 aromatic rings. The van der Waals surface area contributed by atoms with Crippen molar-refractivity contribution >= 4 is 18.0 Å². The highest BCUT2D eigenvalue weighted by Gasteiger charge is 2.07. The van der Waals surface area contributed by atoms with Crippen molar-refractivity contribution in [2.75, 3.05) is 20.8 Å². The maximum absolute atomic E-state index is 11.8. The predicted molar refractivity (Wildman–Crippen MR) is 94.1 cm³/mol. The van der Waals surface area contributed by atoms with Crippen molar-refractivity contribution in [1.82, 2.24) is 10.7 Å². The minimum Gasteiger partial charge on any atom is -0.497 e. The van der Waals surface area contributed by atoms with Gasteiger partial charge in [0.15, 0.2) is 0 Å². The van der Waals surface area contributed by atoms with E-state index in [1.165, 1.54) is 13.3 Å². The Kier molecular flexibility index (Phi) is 6.53. The summed E-state index contributed by atoms with van der Waals surface area (Å²) in [5.41, 5.74) is 3.51. The molecule has 2 rings (SSSR count). The Labute approximate surface area is 145 Å². The average molecular weight is 341 g/mol. The molecular formula is C18H19N3O4. The Balaban J connectivity index is 1.85. The van der Waals surface area contributed by atoms with Gasteiger partial charge in [0, 0.05) is 17.2 Å². The van der Waals surface area contributed by atoms with E-state index in [2.05, 4.69) is 15.8 Å². The van der Waals surface area contributed by atoms with E-state index in [1.54, 1.807) is 49.6 Å². The first kappa shape index (κ1) is 18.0. The molecule has 0 radical (unpaired) electrons. The molecule has 2 N–H and O–H groups in total. The van der Waals surface area contributed by atoms with Crippen molar-refractivity contribution < 1.29 is 19.1 Å². The number of benzene rings is 2. The molecular weight excluding hydrogens is 322 g/mol. The largest absolute Gasteiger partial charge is 0.497 e. The first-order valence-electron chi connectivity index (χ1n) is 7.51. The number of carbonyl (C=O) groups excluding carboxylic acids is 2. The van der Waals surface area contributed by atoms with Crippen molar-refractivity contribution in [2.24, 2.45) is 5.10 Å². The van der Waals surface area contributed by atoms with E-state index < -0.39 is 5.91 Å². The fraction of sp³-hybridized carbons (Fsp3) is 0.167. The molecule has 25 heavy (non-hydrogen) atoms. The van der Waals surface area contributed by atoms with Gasteiger partial charge in [-0.3, -0.25) is 9.59 Å². The first-order valence-corrected chi connectivity index (χ1v) is 7.51. The Morgan fingerprint density at radius 1 is 1.08 bits per heavy atom. The summed E-state index contributed by atoms with van der Waals surface area (Å²) in [6, 6.07) is 13.9. The van der Waals surface area contributed by atoms with Crippen LogP contribution in [0.5, 0.6) is 11.5 Å². The summed E-state index contributed by atoms with van der Waals surface area (Å²) in [6.45, 7) is -0.176. The number of ether oxygens (including phenoxy) is 2. The van der Waals surface area contributed by atoms with Crippen LogP contribution in [0.15, 0.2) is 53.6 Å². The zero-order valence-electron chi connectivity index (χ0n) is 14.0. The molecule has 0 aliphatic rings. The third-order valence-corrected chi connectivity index (χ3v) is 3.28. The number of amides is 2. The van der Waals surface area contributed by atoms with Gasteiger partial charge in [0.2, 0.25) is 0 Å². The Bertz CT molecular complexity index is 760. The fourth-order valence-corrected chi connectivity index (χ4v) is 1.99. The second-order valence-corrected chi connectivity index (χ2v) is 4.95. The number of nitrogens with one attached hydrogen (secondary N) is 2. The second-order valence-electron chi connectivity index (χ2n) is 4.95. The third kappa shape index (κ3) is 5.35. The molecule has 0 spiro atoms. The Morgan fingerprint density at radius 2 is 1.84 bits per heavy atom. The molecule has 0 unspecified atom stereocenters. The van der Waals surface area contributed by atoms with E-state index in [0.717, 1.165) is 0 Å². The van der Waals surface area contributed by atoms with Gasteiger partial charge in [0.05, 0.1) is 27.0 Å². The minimum absolute atomic E-state index is 0.176. The van der Waals surface area contributed by atoms with Gasteiger partial charge in [-0.15, -0.1) is 0 Å². The standard InChI is InChI=1S/C18H19N3O4/c1-24-15-9-8-14(16(10-15)25-2)11-20-21-17(22)12-19-18(23)13-6-4-3-5-7-13/h3-11H,12H2,1-2H3,(H,19,23)(H,21,22)/b20-11+. The van der Waals surface area contributed by atoms with Crippen molar-refractivity contribution in [3.63, 3.8) is 0 Å². The SMILES string of the molecule is COc1ccc(/C=N/NC(=O)CNC(=O)c2ccccc2)c(OC)c1. The van der Waals surface area contributed by atoms with E-state index in [4.69, 9.17) is 9.47 Å². The van der Waals surface area contributed by atoms with E-state index in [-0.39, 0.29) is 12.5 Å². The number of hydrogen-bond donors (Lipinski definition) is 2. The zero-order valence-corrected chi connectivity index (χ0v) is 14.0. The Morgan fingerprint density at radius 3 is 2.52 bits per heavy atom. The van der Waals surface area contributed by atoms with Crippen LogP contribution in [-0.2, 0) is 4.79 Å². The minimum atomic E-state index is -0.437. The molecule has 0 saturated heterocycles. The zero-order chi connectivity index (χ0) is 18.1. The van der Waals surface area contributed by atoms with Crippen molar-refractivity contribution in [1.29, 1.82) is 0 Å². The molecule has 0 atom stereocenters. The summed E-state index contributed by atoms with van der Waals surface area (Å²) in [7, 11) is 3.09. The quantitative estimate of drug-likeness (QED) is 0.591. The molecule has 0 aliphatic carbocycles. The van der Waals surface area contributed by atoms with Crippen LogP contribution < -0.4 is 20.2 Å². The van der Waals surface area contributed by atoms with Gasteiger partial charge in [0.25, 0.3) is 11.8 Å². The number of rotatable bonds is 7. The van der Waals surface area contributed by atoms with E-state index in [0.29, 0.717) is 22.6 Å². The van der Waals surface area contributed by atoms with Crippen LogP contribution in [0.3, 0.4) is 0 Å². The first-order chi connectivity index (χ1) is 12.1. The lowest BCUT2D eigenvalue weighted by Crippen LogP contribution is -2.34. The summed E-state index contributed by atoms with van der Waals surface area (Å²) < 4.78 is 10.3. The van der Waals surface area contributed by atoms with Gasteiger partial charge in [-0.2, -0.15) is 5.10 Å². The second kappa shape index (κ2) is 9.07. The van der Waals surface area contributed by atoms with Crippen molar-refractivity contribution in [3.8, 4) is 11.5 Å². The third-order valence-electron chi connectivity index (χ3n) is 3.28. The van der Waals surface area contributed by atoms with Crippen LogP contribution >= 0.6 is 0 Å². The van der Waals surface area contributed by atoms with Crippen LogP contribution in [0.25, 0.3) is 0 Å². The van der Waals surface area contributed by atoms with Crippen molar-refractivity contribution in [3.05, 3.63) is 59.7 Å². The average Bonchev–Trinajstić information content (AvgIpc) is 2.66. The maximum atomic E-state index is 11.8. The highest BCUT2D eigenvalue weighted by atomic mass is 16.5. The fourth-order valence-electron chi connectivity index (χ4n) is 1.99. The lowest BCUT2D eigenvalue weighted by atomic mass is 10.2. The van der Waals surface area contributed by atoms with Crippen LogP contribution in [0.1, 0.15) is 15.9 Å². The molecule has 0 fully saturated rings. The van der Waals surface area contributed by atoms with Crippen LogP contribution in [-0.4, -0.2) is 38.8 Å². The molecule has 2 amide bonds. The molecule has 0 bridgehead atoms. The summed E-state index contributed by atoms with van der Waals surface area (Å²) in [5, 5.41) is 6.38. The molecule has 7 nitrogen and oxygen atoms in total. The maximum Gasteiger partial charge on any atom is 0.259 e. The molecule has 0 saturated carbocycles. The lowest BCUT2D eigenvalue weighted by Gasteiger charge is -2.07. The predicted octanol–water partition coefficient (Wildman–Crippen LogP) is 1.58. The Hall–Kier alpha value is -3.35. The number of nitrogens with zero attached hydrogens (tertiary/aromatic N) is 1. The van der Waals surface area contributed by atoms with Gasteiger partial charge in [0.1, 0.15) is 11.5 Å². The molecule has 2 aromatic carbocycles. The summed E-state index contributed by atoms with van der Waals surface area (Å²) in [4.78, 5) is 23.6. The molecule has 130 valence electrons. The van der Waals surface area contributed by atoms with E-state index >= 15 is 0 Å².